The van der Waals surface area contributed by atoms with E-state index in [1.165, 1.54) is 38.5 Å². The molecule has 0 nitrogen and oxygen atoms in total. The lowest BCUT2D eigenvalue weighted by Crippen LogP contribution is -2.28. The van der Waals surface area contributed by atoms with E-state index >= 15 is 0 Å². The number of rotatable bonds is 1. The van der Waals surface area contributed by atoms with Gasteiger partial charge >= 0.3 is 0 Å². The summed E-state index contributed by atoms with van der Waals surface area (Å²) in [5.74, 6) is 2.10. The second kappa shape index (κ2) is 3.23. The molecule has 0 spiro atoms. The maximum atomic E-state index is 2.56. The monoisotopic (exact) mass is 268 g/mol. The van der Waals surface area contributed by atoms with E-state index in [4.69, 9.17) is 0 Å². The molecule has 2 saturated carbocycles. The fourth-order valence-corrected chi connectivity index (χ4v) is 8.21. The Morgan fingerprint density at radius 3 is 2.47 bits per heavy atom. The molecular formula is C15H24S2. The van der Waals surface area contributed by atoms with Gasteiger partial charge in [0, 0.05) is 19.5 Å². The first-order chi connectivity index (χ1) is 7.97. The van der Waals surface area contributed by atoms with Gasteiger partial charge in [0.2, 0.25) is 0 Å². The minimum Gasteiger partial charge on any atom is -0.149 e. The van der Waals surface area contributed by atoms with Crippen LogP contribution in [0.4, 0.5) is 0 Å². The zero-order valence-corrected chi connectivity index (χ0v) is 12.9. The fraction of sp³-hybridized carbons (Fsp3) is 1.00. The molecule has 0 N–H and O–H groups in total. The van der Waals surface area contributed by atoms with Gasteiger partial charge in [-0.3, -0.25) is 0 Å². The lowest BCUT2D eigenvalue weighted by atomic mass is 9.77. The van der Waals surface area contributed by atoms with Crippen molar-refractivity contribution in [1.29, 1.82) is 0 Å². The first-order valence-electron chi connectivity index (χ1n) is 7.35. The summed E-state index contributed by atoms with van der Waals surface area (Å²) in [6.07, 6.45) is 9.07. The summed E-state index contributed by atoms with van der Waals surface area (Å²) in [4.78, 5) is 0. The summed E-state index contributed by atoms with van der Waals surface area (Å²) in [5, 5.41) is 1.04. The standard InChI is InChI=1S/C15H24S2/c1-13-8-4-5-10(9-14(13,2)17-13)11-6-7-12-15(11,3)16-12/h10-12H,4-9H2,1-3H3/t10?,11?,12?,13-,14?,15?/m0/s1. The lowest BCUT2D eigenvalue weighted by Gasteiger charge is -2.29. The molecule has 2 heterocycles. The van der Waals surface area contributed by atoms with Gasteiger partial charge in [-0.1, -0.05) is 12.8 Å². The van der Waals surface area contributed by atoms with Crippen molar-refractivity contribution >= 4 is 23.5 Å². The van der Waals surface area contributed by atoms with Crippen LogP contribution in [0.2, 0.25) is 0 Å². The van der Waals surface area contributed by atoms with Crippen LogP contribution in [-0.4, -0.2) is 19.5 Å². The highest BCUT2D eigenvalue weighted by Gasteiger charge is 2.67. The summed E-state index contributed by atoms with van der Waals surface area (Å²) in [6, 6.07) is 0. The topological polar surface area (TPSA) is 0 Å². The van der Waals surface area contributed by atoms with E-state index < -0.39 is 0 Å². The van der Waals surface area contributed by atoms with Gasteiger partial charge in [0.25, 0.3) is 0 Å². The molecule has 0 aromatic rings. The van der Waals surface area contributed by atoms with Crippen molar-refractivity contribution in [2.45, 2.75) is 78.8 Å². The second-order valence-corrected chi connectivity index (χ2v) is 11.1. The van der Waals surface area contributed by atoms with E-state index in [2.05, 4.69) is 44.3 Å². The second-order valence-electron chi connectivity index (χ2n) is 7.39. The van der Waals surface area contributed by atoms with Crippen LogP contribution in [0.15, 0.2) is 0 Å². The third-order valence-corrected chi connectivity index (χ3v) is 10.3. The molecule has 0 aromatic carbocycles. The van der Waals surface area contributed by atoms with Crippen molar-refractivity contribution < 1.29 is 0 Å². The van der Waals surface area contributed by atoms with E-state index in [9.17, 15) is 0 Å². The summed E-state index contributed by atoms with van der Waals surface area (Å²) in [6.45, 7) is 7.63. The van der Waals surface area contributed by atoms with Crippen LogP contribution >= 0.6 is 23.5 Å². The number of thioether (sulfide) groups is 2. The third kappa shape index (κ3) is 1.46. The molecule has 6 atom stereocenters. The van der Waals surface area contributed by atoms with Crippen LogP contribution in [0.3, 0.4) is 0 Å². The molecule has 2 saturated heterocycles. The van der Waals surface area contributed by atoms with Gasteiger partial charge < -0.3 is 0 Å². The quantitative estimate of drug-likeness (QED) is 0.631. The van der Waals surface area contributed by atoms with Crippen molar-refractivity contribution in [1.82, 2.24) is 0 Å². The summed E-state index contributed by atoms with van der Waals surface area (Å²) in [7, 11) is 0. The summed E-state index contributed by atoms with van der Waals surface area (Å²) >= 11 is 4.58. The summed E-state index contributed by atoms with van der Waals surface area (Å²) < 4.78 is 2.00. The number of fused-ring (bicyclic) bond motifs is 2. The Bertz CT molecular complexity index is 366. The van der Waals surface area contributed by atoms with Gasteiger partial charge in [0.05, 0.1) is 0 Å². The van der Waals surface area contributed by atoms with Crippen LogP contribution in [0, 0.1) is 11.8 Å². The van der Waals surface area contributed by atoms with E-state index in [-0.39, 0.29) is 0 Å². The Labute approximate surface area is 114 Å². The lowest BCUT2D eigenvalue weighted by molar-refractivity contribution is 0.270. The Morgan fingerprint density at radius 1 is 1.00 bits per heavy atom. The minimum absolute atomic E-state index is 0.641. The molecule has 5 unspecified atom stereocenters. The van der Waals surface area contributed by atoms with Crippen molar-refractivity contribution in [3.05, 3.63) is 0 Å². The molecule has 0 radical (unpaired) electrons. The van der Waals surface area contributed by atoms with Crippen molar-refractivity contribution in [3.63, 3.8) is 0 Å². The molecule has 96 valence electrons. The average molecular weight is 268 g/mol. The van der Waals surface area contributed by atoms with Gasteiger partial charge in [-0.2, -0.15) is 0 Å². The van der Waals surface area contributed by atoms with E-state index in [1.54, 1.807) is 0 Å². The fourth-order valence-electron chi connectivity index (χ4n) is 4.96. The summed E-state index contributed by atoms with van der Waals surface area (Å²) in [5.41, 5.74) is 0. The van der Waals surface area contributed by atoms with Crippen molar-refractivity contribution in [2.75, 3.05) is 0 Å². The molecule has 0 aromatic heterocycles. The van der Waals surface area contributed by atoms with Gasteiger partial charge in [0.15, 0.2) is 0 Å². The van der Waals surface area contributed by atoms with Crippen molar-refractivity contribution in [2.24, 2.45) is 11.8 Å². The molecule has 4 aliphatic rings. The Balaban J connectivity index is 1.55. The van der Waals surface area contributed by atoms with E-state index in [0.29, 0.717) is 14.2 Å². The molecular weight excluding hydrogens is 244 g/mol. The molecule has 0 amide bonds. The highest BCUT2D eigenvalue weighted by molar-refractivity contribution is 8.09. The van der Waals surface area contributed by atoms with E-state index in [0.717, 1.165) is 17.1 Å². The molecule has 4 rings (SSSR count). The van der Waals surface area contributed by atoms with Crippen LogP contribution < -0.4 is 0 Å². The van der Waals surface area contributed by atoms with Gasteiger partial charge in [-0.05, 0) is 58.3 Å². The van der Waals surface area contributed by atoms with E-state index in [1.807, 2.05) is 0 Å². The molecule has 17 heavy (non-hydrogen) atoms. The number of hydrogen-bond donors (Lipinski definition) is 0. The molecule has 2 aliphatic heterocycles. The first kappa shape index (κ1) is 11.5. The number of hydrogen-bond acceptors (Lipinski definition) is 2. The average Bonchev–Trinajstić information content (AvgIpc) is 2.99. The van der Waals surface area contributed by atoms with Crippen molar-refractivity contribution in [3.8, 4) is 0 Å². The van der Waals surface area contributed by atoms with Crippen LogP contribution in [-0.2, 0) is 0 Å². The molecule has 4 fully saturated rings. The van der Waals surface area contributed by atoms with Crippen LogP contribution in [0.1, 0.15) is 59.3 Å². The molecule has 2 heteroatoms. The van der Waals surface area contributed by atoms with Crippen LogP contribution in [0.25, 0.3) is 0 Å². The smallest absolute Gasteiger partial charge is 0.0284 e. The Kier molecular flexibility index (Phi) is 2.19. The highest BCUT2D eigenvalue weighted by Crippen LogP contribution is 2.73. The maximum absolute atomic E-state index is 2.56. The SMILES string of the molecule is CC12SC1CCC2C1CCC[C@]2(C)SC2(C)C1. The maximum Gasteiger partial charge on any atom is 0.0284 e. The predicted octanol–water partition coefficient (Wildman–Crippen LogP) is 4.72. The van der Waals surface area contributed by atoms with Gasteiger partial charge in [0.1, 0.15) is 0 Å². The molecule has 0 bridgehead atoms. The first-order valence-corrected chi connectivity index (χ1v) is 9.05. The zero-order chi connectivity index (χ0) is 11.9. The molecule has 2 aliphatic carbocycles. The van der Waals surface area contributed by atoms with Gasteiger partial charge in [-0.15, -0.1) is 23.5 Å². The largest absolute Gasteiger partial charge is 0.149 e. The Hall–Kier alpha value is 0.700. The normalized spacial score (nSPS) is 64.8. The Morgan fingerprint density at radius 2 is 1.82 bits per heavy atom. The predicted molar refractivity (Wildman–Crippen MR) is 78.9 cm³/mol. The van der Waals surface area contributed by atoms with Crippen LogP contribution in [0.5, 0.6) is 0 Å². The minimum atomic E-state index is 0.641. The highest BCUT2D eigenvalue weighted by atomic mass is 32.2. The van der Waals surface area contributed by atoms with Gasteiger partial charge in [-0.25, -0.2) is 0 Å². The zero-order valence-electron chi connectivity index (χ0n) is 11.3. The third-order valence-electron chi connectivity index (χ3n) is 6.43.